The Kier molecular flexibility index (Phi) is 4.12. The number of hydrogen-bond donors (Lipinski definition) is 0. The highest BCUT2D eigenvalue weighted by molar-refractivity contribution is 6.31. The van der Waals surface area contributed by atoms with Crippen LogP contribution in [0.25, 0.3) is 11.0 Å². The van der Waals surface area contributed by atoms with Gasteiger partial charge in [-0.15, -0.1) is 11.6 Å². The van der Waals surface area contributed by atoms with Crippen LogP contribution in [0.1, 0.15) is 5.82 Å². The molecule has 2 aromatic rings. The average molecular weight is 319 g/mol. The molecule has 0 aliphatic carbocycles. The molecule has 0 N–H and O–H groups in total. The van der Waals surface area contributed by atoms with Crippen LogP contribution in [0.5, 0.6) is 0 Å². The van der Waals surface area contributed by atoms with Crippen molar-refractivity contribution in [2.75, 3.05) is 19.8 Å². The molecule has 1 aromatic heterocycles. The van der Waals surface area contributed by atoms with Crippen molar-refractivity contribution >= 4 is 34.2 Å². The van der Waals surface area contributed by atoms with E-state index in [4.69, 9.17) is 32.7 Å². The lowest BCUT2D eigenvalue weighted by molar-refractivity contribution is -0.0934. The van der Waals surface area contributed by atoms with Crippen molar-refractivity contribution in [2.45, 2.75) is 18.5 Å². The normalized spacial score (nSPS) is 19.6. The summed E-state index contributed by atoms with van der Waals surface area (Å²) in [6, 6.07) is 2.89. The van der Waals surface area contributed by atoms with E-state index in [1.807, 2.05) is 4.57 Å². The number of halogens is 3. The second kappa shape index (κ2) is 5.85. The molecule has 0 bridgehead atoms. The van der Waals surface area contributed by atoms with Crippen molar-refractivity contribution in [3.63, 3.8) is 0 Å². The molecule has 1 saturated heterocycles. The fraction of sp³-hybridized carbons (Fsp3) is 0.462. The van der Waals surface area contributed by atoms with Crippen LogP contribution in [0, 0.1) is 5.82 Å². The fourth-order valence-corrected chi connectivity index (χ4v) is 2.68. The summed E-state index contributed by atoms with van der Waals surface area (Å²) < 4.78 is 26.4. The largest absolute Gasteiger partial charge is 0.376 e. The first-order valence-electron chi connectivity index (χ1n) is 6.28. The highest BCUT2D eigenvalue weighted by Crippen LogP contribution is 2.25. The number of ether oxygens (including phenoxy) is 2. The van der Waals surface area contributed by atoms with Gasteiger partial charge < -0.3 is 14.0 Å². The molecule has 1 aromatic carbocycles. The van der Waals surface area contributed by atoms with E-state index in [0.717, 1.165) is 5.52 Å². The summed E-state index contributed by atoms with van der Waals surface area (Å²) in [5, 5.41) is 0.0700. The second-order valence-electron chi connectivity index (χ2n) is 4.60. The highest BCUT2D eigenvalue weighted by Gasteiger charge is 2.19. The number of fused-ring (bicyclic) bond motifs is 1. The lowest BCUT2D eigenvalue weighted by Crippen LogP contribution is -2.32. The number of benzene rings is 1. The summed E-state index contributed by atoms with van der Waals surface area (Å²) in [5.41, 5.74) is 1.29. The quantitative estimate of drug-likeness (QED) is 0.816. The van der Waals surface area contributed by atoms with Gasteiger partial charge in [0.1, 0.15) is 11.6 Å². The van der Waals surface area contributed by atoms with Crippen molar-refractivity contribution in [2.24, 2.45) is 0 Å². The summed E-state index contributed by atoms with van der Waals surface area (Å²) in [6.07, 6.45) is -0.0630. The molecule has 2 heterocycles. The van der Waals surface area contributed by atoms with Gasteiger partial charge in [-0.3, -0.25) is 0 Å². The third-order valence-corrected chi connectivity index (χ3v) is 3.79. The van der Waals surface area contributed by atoms with E-state index in [1.165, 1.54) is 6.07 Å². The maximum absolute atomic E-state index is 13.5. The maximum atomic E-state index is 13.5. The Labute approximate surface area is 125 Å². The topological polar surface area (TPSA) is 36.3 Å². The molecule has 1 aliphatic heterocycles. The molecule has 0 saturated carbocycles. The van der Waals surface area contributed by atoms with Crippen LogP contribution in [-0.2, 0) is 21.9 Å². The Morgan fingerprint density at radius 2 is 2.25 bits per heavy atom. The Balaban J connectivity index is 2.00. The Morgan fingerprint density at radius 1 is 1.40 bits per heavy atom. The number of nitrogens with zero attached hydrogens (tertiary/aromatic N) is 2. The van der Waals surface area contributed by atoms with Gasteiger partial charge in [0.25, 0.3) is 0 Å². The van der Waals surface area contributed by atoms with Gasteiger partial charge in [0.15, 0.2) is 0 Å². The van der Waals surface area contributed by atoms with E-state index in [1.54, 1.807) is 6.07 Å². The van der Waals surface area contributed by atoms with Crippen molar-refractivity contribution in [1.82, 2.24) is 9.55 Å². The van der Waals surface area contributed by atoms with Crippen LogP contribution in [0.15, 0.2) is 12.1 Å². The smallest absolute Gasteiger partial charge is 0.144 e. The standard InChI is InChI=1S/C13H13Cl2FN2O2/c14-5-13-17-11-4-10(16)9(15)3-12(11)18(13)6-8-7-19-1-2-20-8/h3-4,8H,1-2,5-7H2. The van der Waals surface area contributed by atoms with E-state index in [0.29, 0.717) is 37.7 Å². The molecule has 1 atom stereocenters. The molecule has 0 spiro atoms. The minimum atomic E-state index is -0.484. The average Bonchev–Trinajstić information content (AvgIpc) is 2.78. The maximum Gasteiger partial charge on any atom is 0.144 e. The van der Waals surface area contributed by atoms with E-state index in [9.17, 15) is 4.39 Å². The molecule has 1 unspecified atom stereocenters. The zero-order chi connectivity index (χ0) is 14.1. The molecule has 7 heteroatoms. The molecule has 4 nitrogen and oxygen atoms in total. The number of hydrogen-bond acceptors (Lipinski definition) is 3. The zero-order valence-electron chi connectivity index (χ0n) is 10.6. The first-order valence-corrected chi connectivity index (χ1v) is 7.19. The van der Waals surface area contributed by atoms with Gasteiger partial charge in [-0.2, -0.15) is 0 Å². The minimum absolute atomic E-state index is 0.0630. The van der Waals surface area contributed by atoms with E-state index in [-0.39, 0.29) is 17.0 Å². The van der Waals surface area contributed by atoms with E-state index >= 15 is 0 Å². The summed E-state index contributed by atoms with van der Waals surface area (Å²) in [4.78, 5) is 4.33. The summed E-state index contributed by atoms with van der Waals surface area (Å²) in [7, 11) is 0. The predicted octanol–water partition coefficient (Wildman–Crippen LogP) is 2.98. The van der Waals surface area contributed by atoms with Crippen LogP contribution < -0.4 is 0 Å². The van der Waals surface area contributed by atoms with Gasteiger partial charge in [-0.1, -0.05) is 11.6 Å². The molecule has 108 valence electrons. The molecule has 0 radical (unpaired) electrons. The first kappa shape index (κ1) is 14.1. The molecule has 1 aliphatic rings. The second-order valence-corrected chi connectivity index (χ2v) is 5.27. The van der Waals surface area contributed by atoms with Crippen LogP contribution >= 0.6 is 23.2 Å². The van der Waals surface area contributed by atoms with E-state index < -0.39 is 5.82 Å². The molecular formula is C13H13Cl2FN2O2. The van der Waals surface area contributed by atoms with Crippen molar-refractivity contribution < 1.29 is 13.9 Å². The SMILES string of the molecule is Fc1cc2nc(CCl)n(CC3COCCO3)c2cc1Cl. The Morgan fingerprint density at radius 3 is 2.95 bits per heavy atom. The van der Waals surface area contributed by atoms with Gasteiger partial charge in [-0.05, 0) is 6.07 Å². The third-order valence-electron chi connectivity index (χ3n) is 3.26. The van der Waals surface area contributed by atoms with Crippen molar-refractivity contribution in [3.8, 4) is 0 Å². The van der Waals surface area contributed by atoms with Crippen LogP contribution in [0.3, 0.4) is 0 Å². The number of aromatic nitrogens is 2. The van der Waals surface area contributed by atoms with Crippen LogP contribution in [0.4, 0.5) is 4.39 Å². The fourth-order valence-electron chi connectivity index (χ4n) is 2.32. The zero-order valence-corrected chi connectivity index (χ0v) is 12.1. The van der Waals surface area contributed by atoms with Gasteiger partial charge >= 0.3 is 0 Å². The highest BCUT2D eigenvalue weighted by atomic mass is 35.5. The lowest BCUT2D eigenvalue weighted by atomic mass is 10.3. The van der Waals surface area contributed by atoms with Crippen LogP contribution in [-0.4, -0.2) is 35.5 Å². The number of rotatable bonds is 3. The van der Waals surface area contributed by atoms with Gasteiger partial charge in [0, 0.05) is 6.07 Å². The van der Waals surface area contributed by atoms with E-state index in [2.05, 4.69) is 4.98 Å². The summed E-state index contributed by atoms with van der Waals surface area (Å²) in [6.45, 7) is 2.26. The molecule has 0 amide bonds. The summed E-state index contributed by atoms with van der Waals surface area (Å²) >= 11 is 11.8. The Hall–Kier alpha value is -0.880. The molecule has 3 rings (SSSR count). The monoisotopic (exact) mass is 318 g/mol. The molecular weight excluding hydrogens is 306 g/mol. The first-order chi connectivity index (χ1) is 9.69. The van der Waals surface area contributed by atoms with Gasteiger partial charge in [0.2, 0.25) is 0 Å². The molecule has 1 fully saturated rings. The van der Waals surface area contributed by atoms with Gasteiger partial charge in [0.05, 0.1) is 54.4 Å². The van der Waals surface area contributed by atoms with Crippen molar-refractivity contribution in [3.05, 3.63) is 28.8 Å². The number of alkyl halides is 1. The third kappa shape index (κ3) is 2.63. The molecule has 20 heavy (non-hydrogen) atoms. The summed E-state index contributed by atoms with van der Waals surface area (Å²) in [5.74, 6) is 0.418. The van der Waals surface area contributed by atoms with Gasteiger partial charge in [-0.25, -0.2) is 9.37 Å². The number of imidazole rings is 1. The Bertz CT molecular complexity index is 626. The predicted molar refractivity (Wildman–Crippen MR) is 74.8 cm³/mol. The van der Waals surface area contributed by atoms with Crippen LogP contribution in [0.2, 0.25) is 5.02 Å². The minimum Gasteiger partial charge on any atom is -0.376 e. The van der Waals surface area contributed by atoms with Crippen molar-refractivity contribution in [1.29, 1.82) is 0 Å². The lowest BCUT2D eigenvalue weighted by Gasteiger charge is -2.24.